The first kappa shape index (κ1) is 26.8. The molecule has 3 aromatic rings. The molecule has 0 radical (unpaired) electrons. The summed E-state index contributed by atoms with van der Waals surface area (Å²) in [6.07, 6.45) is 0.992. The monoisotopic (exact) mass is 521 g/mol. The topological polar surface area (TPSA) is 107 Å². The van der Waals surface area contributed by atoms with E-state index in [9.17, 15) is 14.7 Å². The largest absolute Gasteiger partial charge is 0.390 e. The van der Waals surface area contributed by atoms with Crippen LogP contribution in [0.5, 0.6) is 0 Å². The summed E-state index contributed by atoms with van der Waals surface area (Å²) in [6.45, 7) is 6.14. The molecule has 8 nitrogen and oxygen atoms in total. The number of carbonyl (C=O) groups excluding carboxylic acids is 2. The number of aryl methyl sites for hydroxylation is 1. The number of hydrogen-bond acceptors (Lipinski definition) is 7. The van der Waals surface area contributed by atoms with Gasteiger partial charge in [-0.2, -0.15) is 0 Å². The van der Waals surface area contributed by atoms with Gasteiger partial charge in [0.2, 0.25) is 5.91 Å². The zero-order valence-corrected chi connectivity index (χ0v) is 22.2. The molecule has 1 aliphatic rings. The van der Waals surface area contributed by atoms with E-state index in [-0.39, 0.29) is 11.8 Å². The van der Waals surface area contributed by atoms with Crippen LogP contribution in [0.4, 0.5) is 11.4 Å². The molecule has 2 atom stereocenters. The van der Waals surface area contributed by atoms with Crippen LogP contribution >= 0.6 is 11.3 Å². The number of carbonyl (C=O) groups is 2. The van der Waals surface area contributed by atoms with Gasteiger partial charge in [0.05, 0.1) is 22.8 Å². The number of thiazole rings is 1. The quantitative estimate of drug-likeness (QED) is 0.291. The molecule has 2 aromatic carbocycles. The standard InChI is InChI=1S/C28H35N5O3S/c1-3-30-22-13-21(14-24(15-22)33-11-7-10-27(33)35)28(36)32-25(12-20-8-5-4-6-9-20)26(34)17-29-16-23-18-37-19(2)31-23/h4-6,8-9,13-15,18,25-26,29-30,34H,3,7,10-12,16-17H2,1-2H3,(H,32,36)/t25-,26+/m0/s1. The number of aromatic nitrogens is 1. The Bertz CT molecular complexity index is 1200. The molecule has 1 aromatic heterocycles. The minimum Gasteiger partial charge on any atom is -0.390 e. The van der Waals surface area contributed by atoms with Gasteiger partial charge in [0.25, 0.3) is 5.91 Å². The van der Waals surface area contributed by atoms with Crippen LogP contribution in [0.1, 0.15) is 46.4 Å². The lowest BCUT2D eigenvalue weighted by Crippen LogP contribution is -2.48. The first-order chi connectivity index (χ1) is 17.9. The van der Waals surface area contributed by atoms with Gasteiger partial charge in [0.1, 0.15) is 0 Å². The molecule has 4 rings (SSSR count). The zero-order chi connectivity index (χ0) is 26.2. The fourth-order valence-corrected chi connectivity index (χ4v) is 5.12. The highest BCUT2D eigenvalue weighted by Crippen LogP contribution is 2.27. The second-order valence-corrected chi connectivity index (χ2v) is 10.3. The van der Waals surface area contributed by atoms with E-state index >= 15 is 0 Å². The number of rotatable bonds is 12. The molecule has 9 heteroatoms. The maximum atomic E-state index is 13.5. The average molecular weight is 522 g/mol. The van der Waals surface area contributed by atoms with Gasteiger partial charge in [-0.15, -0.1) is 11.3 Å². The van der Waals surface area contributed by atoms with Crippen LogP contribution in [0.25, 0.3) is 0 Å². The van der Waals surface area contributed by atoms with Crippen molar-refractivity contribution in [2.45, 2.75) is 51.8 Å². The van der Waals surface area contributed by atoms with Gasteiger partial charge < -0.3 is 26.0 Å². The number of aliphatic hydroxyl groups excluding tert-OH is 1. The van der Waals surface area contributed by atoms with Crippen LogP contribution < -0.4 is 20.9 Å². The minimum absolute atomic E-state index is 0.0683. The average Bonchev–Trinajstić information content (AvgIpc) is 3.51. The Morgan fingerprint density at radius 1 is 1.22 bits per heavy atom. The summed E-state index contributed by atoms with van der Waals surface area (Å²) in [5, 5.41) is 23.7. The summed E-state index contributed by atoms with van der Waals surface area (Å²) in [4.78, 5) is 32.0. The molecule has 0 aliphatic carbocycles. The number of nitrogens with zero attached hydrogens (tertiary/aromatic N) is 2. The first-order valence-electron chi connectivity index (χ1n) is 12.8. The maximum absolute atomic E-state index is 13.5. The fraction of sp³-hybridized carbons (Fsp3) is 0.393. The fourth-order valence-electron chi connectivity index (χ4n) is 4.51. The number of aliphatic hydroxyl groups is 1. The summed E-state index contributed by atoms with van der Waals surface area (Å²) in [6, 6.07) is 14.7. The van der Waals surface area contributed by atoms with Gasteiger partial charge in [-0.3, -0.25) is 9.59 Å². The predicted molar refractivity (Wildman–Crippen MR) is 148 cm³/mol. The van der Waals surface area contributed by atoms with Crippen LogP contribution in [0, 0.1) is 6.92 Å². The van der Waals surface area contributed by atoms with Crippen LogP contribution in [0.3, 0.4) is 0 Å². The van der Waals surface area contributed by atoms with Crippen molar-refractivity contribution in [3.05, 3.63) is 75.7 Å². The molecule has 0 saturated carbocycles. The summed E-state index contributed by atoms with van der Waals surface area (Å²) in [5.74, 6) is -0.221. The van der Waals surface area contributed by atoms with E-state index in [1.807, 2.05) is 55.6 Å². The lowest BCUT2D eigenvalue weighted by Gasteiger charge is -2.25. The highest BCUT2D eigenvalue weighted by molar-refractivity contribution is 7.09. The predicted octanol–water partition coefficient (Wildman–Crippen LogP) is 3.50. The summed E-state index contributed by atoms with van der Waals surface area (Å²) in [7, 11) is 0. The second kappa shape index (κ2) is 12.8. The normalized spacial score (nSPS) is 15.0. The van der Waals surface area contributed by atoms with Gasteiger partial charge in [0, 0.05) is 54.9 Å². The lowest BCUT2D eigenvalue weighted by molar-refractivity contribution is -0.117. The van der Waals surface area contributed by atoms with Gasteiger partial charge >= 0.3 is 0 Å². The minimum atomic E-state index is -0.819. The van der Waals surface area contributed by atoms with Crippen molar-refractivity contribution in [2.24, 2.45) is 0 Å². The highest BCUT2D eigenvalue weighted by Gasteiger charge is 2.25. The van der Waals surface area contributed by atoms with Crippen LogP contribution in [-0.2, 0) is 17.8 Å². The Kier molecular flexibility index (Phi) is 9.27. The molecule has 37 heavy (non-hydrogen) atoms. The lowest BCUT2D eigenvalue weighted by atomic mass is 10.00. The van der Waals surface area contributed by atoms with E-state index < -0.39 is 12.1 Å². The Morgan fingerprint density at radius 2 is 2.03 bits per heavy atom. The third kappa shape index (κ3) is 7.38. The van der Waals surface area contributed by atoms with E-state index in [1.54, 1.807) is 28.4 Å². The molecular formula is C28H35N5O3S. The van der Waals surface area contributed by atoms with E-state index in [0.29, 0.717) is 50.3 Å². The Morgan fingerprint density at radius 3 is 2.70 bits per heavy atom. The first-order valence-corrected chi connectivity index (χ1v) is 13.6. The van der Waals surface area contributed by atoms with E-state index in [4.69, 9.17) is 0 Å². The number of benzene rings is 2. The highest BCUT2D eigenvalue weighted by atomic mass is 32.1. The molecular weight excluding hydrogens is 486 g/mol. The molecule has 2 amide bonds. The zero-order valence-electron chi connectivity index (χ0n) is 21.4. The Balaban J connectivity index is 1.50. The molecule has 1 aliphatic heterocycles. The van der Waals surface area contributed by atoms with Crippen molar-refractivity contribution < 1.29 is 14.7 Å². The number of anilines is 2. The summed E-state index contributed by atoms with van der Waals surface area (Å²) < 4.78 is 0. The van der Waals surface area contributed by atoms with E-state index in [0.717, 1.165) is 28.4 Å². The molecule has 0 spiro atoms. The van der Waals surface area contributed by atoms with Gasteiger partial charge in [-0.05, 0) is 50.5 Å². The van der Waals surface area contributed by atoms with Gasteiger partial charge in [0.15, 0.2) is 0 Å². The van der Waals surface area contributed by atoms with E-state index in [2.05, 4.69) is 20.9 Å². The summed E-state index contributed by atoms with van der Waals surface area (Å²) in [5.41, 5.74) is 3.90. The molecule has 0 unspecified atom stereocenters. The second-order valence-electron chi connectivity index (χ2n) is 9.27. The van der Waals surface area contributed by atoms with Crippen molar-refractivity contribution in [3.63, 3.8) is 0 Å². The van der Waals surface area contributed by atoms with Crippen molar-refractivity contribution in [3.8, 4) is 0 Å². The molecule has 196 valence electrons. The third-order valence-electron chi connectivity index (χ3n) is 6.35. The Labute approximate surface area is 222 Å². The smallest absolute Gasteiger partial charge is 0.251 e. The third-order valence-corrected chi connectivity index (χ3v) is 7.17. The number of amides is 2. The van der Waals surface area contributed by atoms with Crippen molar-refractivity contribution in [2.75, 3.05) is 29.9 Å². The number of hydrogen-bond donors (Lipinski definition) is 4. The van der Waals surface area contributed by atoms with E-state index in [1.165, 1.54) is 0 Å². The molecule has 1 saturated heterocycles. The summed E-state index contributed by atoms with van der Waals surface area (Å²) >= 11 is 1.59. The van der Waals surface area contributed by atoms with Crippen LogP contribution in [-0.4, -0.2) is 53.7 Å². The van der Waals surface area contributed by atoms with Crippen LogP contribution in [0.15, 0.2) is 53.9 Å². The molecule has 2 heterocycles. The maximum Gasteiger partial charge on any atom is 0.251 e. The van der Waals surface area contributed by atoms with Gasteiger partial charge in [-0.25, -0.2) is 4.98 Å². The Hall–Kier alpha value is -3.27. The SMILES string of the molecule is CCNc1cc(C(=O)N[C@@H](Cc2ccccc2)[C@H](O)CNCc2csc(C)n2)cc(N2CCCC2=O)c1. The number of nitrogens with one attached hydrogen (secondary N) is 3. The molecule has 1 fully saturated rings. The van der Waals surface area contributed by atoms with Crippen LogP contribution in [0.2, 0.25) is 0 Å². The molecule has 0 bridgehead atoms. The van der Waals surface area contributed by atoms with Crippen molar-refractivity contribution in [1.29, 1.82) is 0 Å². The van der Waals surface area contributed by atoms with Crippen molar-refractivity contribution in [1.82, 2.24) is 15.6 Å². The van der Waals surface area contributed by atoms with Crippen molar-refractivity contribution >= 4 is 34.5 Å². The molecule has 4 N–H and O–H groups in total. The van der Waals surface area contributed by atoms with Gasteiger partial charge in [-0.1, -0.05) is 30.3 Å².